The Morgan fingerprint density at radius 2 is 1.52 bits per heavy atom. The average Bonchev–Trinajstić information content (AvgIpc) is 2.35. The minimum atomic E-state index is -0.769. The van der Waals surface area contributed by atoms with Crippen molar-refractivity contribution in [3.63, 3.8) is 0 Å². The molecule has 0 spiro atoms. The van der Waals surface area contributed by atoms with Crippen molar-refractivity contribution in [2.24, 2.45) is 5.92 Å². The van der Waals surface area contributed by atoms with Crippen LogP contribution in [0.3, 0.4) is 0 Å². The Bertz CT molecular complexity index is 411. The largest absolute Gasteiger partial charge is 0.463 e. The lowest BCUT2D eigenvalue weighted by atomic mass is 9.91. The van der Waals surface area contributed by atoms with Crippen LogP contribution >= 0.6 is 15.9 Å². The van der Waals surface area contributed by atoms with Gasteiger partial charge in [0.2, 0.25) is 0 Å². The molecule has 5 atom stereocenters. The molecule has 1 heterocycles. The molecule has 0 bridgehead atoms. The van der Waals surface area contributed by atoms with Gasteiger partial charge in [0.15, 0.2) is 11.1 Å². The van der Waals surface area contributed by atoms with Crippen molar-refractivity contribution in [2.45, 2.75) is 51.0 Å². The Balaban J connectivity index is 2.87. The van der Waals surface area contributed by atoms with Crippen molar-refractivity contribution in [3.8, 4) is 0 Å². The molecule has 1 saturated heterocycles. The van der Waals surface area contributed by atoms with Gasteiger partial charge in [-0.2, -0.15) is 0 Å². The summed E-state index contributed by atoms with van der Waals surface area (Å²) in [5.41, 5.74) is 0. The third kappa shape index (κ3) is 5.28. The fraction of sp³-hybridized carbons (Fsp3) is 0.769. The second-order valence-corrected chi connectivity index (χ2v) is 5.74. The Hall–Kier alpha value is -1.15. The van der Waals surface area contributed by atoms with Crippen LogP contribution in [-0.2, 0) is 33.3 Å². The molecule has 0 radical (unpaired) electrons. The zero-order valence-electron chi connectivity index (χ0n) is 12.3. The first kappa shape index (κ1) is 17.9. The molecular formula is C13H19BrO7. The van der Waals surface area contributed by atoms with Crippen LogP contribution in [0.1, 0.15) is 27.7 Å². The third-order valence-electron chi connectivity index (χ3n) is 3.05. The van der Waals surface area contributed by atoms with Gasteiger partial charge < -0.3 is 18.9 Å². The summed E-state index contributed by atoms with van der Waals surface area (Å²) in [6.45, 7) is 5.64. The van der Waals surface area contributed by atoms with Gasteiger partial charge in [0.25, 0.3) is 0 Å². The lowest BCUT2D eigenvalue weighted by Crippen LogP contribution is -2.55. The van der Waals surface area contributed by atoms with Gasteiger partial charge in [-0.05, 0) is 0 Å². The van der Waals surface area contributed by atoms with Gasteiger partial charge >= 0.3 is 17.9 Å². The molecule has 0 N–H and O–H groups in total. The summed E-state index contributed by atoms with van der Waals surface area (Å²) in [5.74, 6) is -1.73. The highest BCUT2D eigenvalue weighted by molar-refractivity contribution is 9.09. The molecule has 8 heteroatoms. The van der Waals surface area contributed by atoms with Crippen molar-refractivity contribution in [2.75, 3.05) is 6.61 Å². The van der Waals surface area contributed by atoms with Crippen molar-refractivity contribution >= 4 is 33.8 Å². The predicted octanol–water partition coefficient (Wildman–Crippen LogP) is 1.17. The maximum Gasteiger partial charge on any atom is 0.303 e. The standard InChI is InChI=1S/C13H19BrO7/c1-6-10(5-18-7(2)15)21-13(14)12(20-9(4)17)11(6)19-8(3)16/h6,10-13H,5H2,1-4H3/t6-,10?,11-,12?,13+/m1/s1. The van der Waals surface area contributed by atoms with Gasteiger partial charge in [-0.25, -0.2) is 0 Å². The lowest BCUT2D eigenvalue weighted by Gasteiger charge is -2.42. The summed E-state index contributed by atoms with van der Waals surface area (Å²) < 4.78 is 21.0. The van der Waals surface area contributed by atoms with Crippen LogP contribution in [0.15, 0.2) is 0 Å². The highest BCUT2D eigenvalue weighted by atomic mass is 79.9. The number of carbonyl (C=O) groups is 3. The number of hydrogen-bond donors (Lipinski definition) is 0. The molecule has 1 fully saturated rings. The van der Waals surface area contributed by atoms with Gasteiger partial charge in [0.05, 0.1) is 6.10 Å². The SMILES string of the molecule is CC(=O)OCC1O[C@H](Br)C(OC(C)=O)[C@H](OC(C)=O)[C@@H]1C. The van der Waals surface area contributed by atoms with E-state index < -0.39 is 41.2 Å². The van der Waals surface area contributed by atoms with Gasteiger partial charge in [-0.3, -0.25) is 14.4 Å². The molecule has 0 aromatic rings. The van der Waals surface area contributed by atoms with Crippen LogP contribution in [0.5, 0.6) is 0 Å². The Morgan fingerprint density at radius 3 is 2.00 bits per heavy atom. The minimum absolute atomic E-state index is 0.0309. The van der Waals surface area contributed by atoms with E-state index in [2.05, 4.69) is 15.9 Å². The van der Waals surface area contributed by atoms with E-state index in [-0.39, 0.29) is 12.5 Å². The topological polar surface area (TPSA) is 88.1 Å². The molecule has 1 aliphatic heterocycles. The molecular weight excluding hydrogens is 348 g/mol. The highest BCUT2D eigenvalue weighted by Gasteiger charge is 2.47. The first-order valence-corrected chi connectivity index (χ1v) is 7.41. The number of carbonyl (C=O) groups excluding carboxylic acids is 3. The van der Waals surface area contributed by atoms with Gasteiger partial charge in [-0.15, -0.1) is 0 Å². The van der Waals surface area contributed by atoms with Crippen LogP contribution in [0, 0.1) is 5.92 Å². The van der Waals surface area contributed by atoms with Crippen LogP contribution in [-0.4, -0.2) is 47.8 Å². The molecule has 7 nitrogen and oxygen atoms in total. The minimum Gasteiger partial charge on any atom is -0.463 e. The molecule has 120 valence electrons. The molecule has 0 saturated carbocycles. The van der Waals surface area contributed by atoms with Gasteiger partial charge in [0, 0.05) is 26.7 Å². The summed E-state index contributed by atoms with van der Waals surface area (Å²) in [6, 6.07) is 0. The van der Waals surface area contributed by atoms with E-state index in [4.69, 9.17) is 18.9 Å². The van der Waals surface area contributed by atoms with E-state index in [1.807, 2.05) is 0 Å². The molecule has 0 aromatic heterocycles. The van der Waals surface area contributed by atoms with E-state index in [0.717, 1.165) is 0 Å². The highest BCUT2D eigenvalue weighted by Crippen LogP contribution is 2.33. The van der Waals surface area contributed by atoms with E-state index in [1.165, 1.54) is 20.8 Å². The Kier molecular flexibility index (Phi) is 6.60. The normalized spacial score (nSPS) is 32.1. The summed E-state index contributed by atoms with van der Waals surface area (Å²) in [6.07, 6.45) is -1.94. The second-order valence-electron chi connectivity index (χ2n) is 4.84. The smallest absolute Gasteiger partial charge is 0.303 e. The van der Waals surface area contributed by atoms with Crippen LogP contribution in [0.25, 0.3) is 0 Å². The molecule has 0 aromatic carbocycles. The first-order chi connectivity index (χ1) is 9.72. The Morgan fingerprint density at radius 1 is 1.00 bits per heavy atom. The van der Waals surface area contributed by atoms with Crippen LogP contribution in [0.4, 0.5) is 0 Å². The fourth-order valence-electron chi connectivity index (χ4n) is 2.10. The fourth-order valence-corrected chi connectivity index (χ4v) is 2.78. The summed E-state index contributed by atoms with van der Waals surface area (Å²) in [7, 11) is 0. The van der Waals surface area contributed by atoms with Crippen LogP contribution in [0.2, 0.25) is 0 Å². The maximum absolute atomic E-state index is 11.3. The molecule has 0 amide bonds. The average molecular weight is 367 g/mol. The zero-order valence-corrected chi connectivity index (χ0v) is 13.9. The van der Waals surface area contributed by atoms with Gasteiger partial charge in [0.1, 0.15) is 12.7 Å². The number of ether oxygens (including phenoxy) is 4. The number of esters is 3. The molecule has 21 heavy (non-hydrogen) atoms. The number of alkyl halides is 1. The monoisotopic (exact) mass is 366 g/mol. The summed E-state index contributed by atoms with van der Waals surface area (Å²) in [4.78, 5) is 33.3. The van der Waals surface area contributed by atoms with Crippen molar-refractivity contribution in [1.82, 2.24) is 0 Å². The molecule has 0 aliphatic carbocycles. The summed E-state index contributed by atoms with van der Waals surface area (Å²) >= 11 is 3.26. The Labute approximate surface area is 131 Å². The zero-order chi connectivity index (χ0) is 16.2. The molecule has 1 aliphatic rings. The van der Waals surface area contributed by atoms with Crippen molar-refractivity contribution in [1.29, 1.82) is 0 Å². The molecule has 1 rings (SSSR count). The van der Waals surface area contributed by atoms with E-state index in [0.29, 0.717) is 0 Å². The number of hydrogen-bond acceptors (Lipinski definition) is 7. The third-order valence-corrected chi connectivity index (χ3v) is 3.78. The van der Waals surface area contributed by atoms with Crippen molar-refractivity contribution < 1.29 is 33.3 Å². The predicted molar refractivity (Wildman–Crippen MR) is 74.5 cm³/mol. The van der Waals surface area contributed by atoms with Crippen molar-refractivity contribution in [3.05, 3.63) is 0 Å². The maximum atomic E-state index is 11.3. The van der Waals surface area contributed by atoms with Gasteiger partial charge in [-0.1, -0.05) is 22.9 Å². The van der Waals surface area contributed by atoms with E-state index in [9.17, 15) is 14.4 Å². The van der Waals surface area contributed by atoms with E-state index >= 15 is 0 Å². The first-order valence-electron chi connectivity index (χ1n) is 6.49. The van der Waals surface area contributed by atoms with Crippen LogP contribution < -0.4 is 0 Å². The number of halogens is 1. The second kappa shape index (κ2) is 7.74. The summed E-state index contributed by atoms with van der Waals surface area (Å²) in [5, 5.41) is -0.664. The quantitative estimate of drug-likeness (QED) is 0.419. The number of rotatable bonds is 4. The van der Waals surface area contributed by atoms with E-state index in [1.54, 1.807) is 6.92 Å². The molecule has 2 unspecified atom stereocenters. The lowest BCUT2D eigenvalue weighted by molar-refractivity contribution is -0.212.